The van der Waals surface area contributed by atoms with Crippen LogP contribution < -0.4 is 10.0 Å². The summed E-state index contributed by atoms with van der Waals surface area (Å²) in [4.78, 5) is 39.4. The zero-order chi connectivity index (χ0) is 23.2. The molecule has 1 atom stereocenters. The van der Waals surface area contributed by atoms with Crippen LogP contribution in [-0.2, 0) is 24.4 Å². The molecule has 0 unspecified atom stereocenters. The molecule has 2 N–H and O–H groups in total. The van der Waals surface area contributed by atoms with Crippen LogP contribution in [0.25, 0.3) is 0 Å². The molecule has 0 aromatic heterocycles. The van der Waals surface area contributed by atoms with Crippen LogP contribution in [0.5, 0.6) is 0 Å². The number of nitrogens with zero attached hydrogens (tertiary/aromatic N) is 2. The third-order valence-electron chi connectivity index (χ3n) is 5.07. The van der Waals surface area contributed by atoms with Gasteiger partial charge in [0.05, 0.1) is 10.9 Å². The number of amides is 3. The van der Waals surface area contributed by atoms with Gasteiger partial charge in [-0.25, -0.2) is 8.42 Å². The van der Waals surface area contributed by atoms with Crippen LogP contribution in [0, 0.1) is 5.92 Å². The summed E-state index contributed by atoms with van der Waals surface area (Å²) in [5.74, 6) is -0.0260. The molecule has 1 fully saturated rings. The lowest BCUT2D eigenvalue weighted by atomic mass is 10.1. The minimum absolute atomic E-state index is 0.00169. The lowest BCUT2D eigenvalue weighted by Crippen LogP contribution is -2.55. The number of carbonyl (C=O) groups is 3. The van der Waals surface area contributed by atoms with Gasteiger partial charge in [-0.15, -0.1) is 0 Å². The maximum absolute atomic E-state index is 12.7. The average Bonchev–Trinajstić information content (AvgIpc) is 2.71. The van der Waals surface area contributed by atoms with Crippen LogP contribution >= 0.6 is 0 Å². The Hall–Kier alpha value is -2.46. The van der Waals surface area contributed by atoms with E-state index in [1.165, 1.54) is 38.1 Å². The topological polar surface area (TPSA) is 116 Å². The van der Waals surface area contributed by atoms with Gasteiger partial charge in [-0.1, -0.05) is 13.8 Å². The van der Waals surface area contributed by atoms with Gasteiger partial charge in [0, 0.05) is 45.2 Å². The number of hydrogen-bond donors (Lipinski definition) is 2. The van der Waals surface area contributed by atoms with Gasteiger partial charge in [-0.2, -0.15) is 4.72 Å². The molecule has 1 aliphatic rings. The fraction of sp³-hybridized carbons (Fsp3) is 0.571. The van der Waals surface area contributed by atoms with Crippen molar-refractivity contribution in [1.82, 2.24) is 14.5 Å². The van der Waals surface area contributed by atoms with Crippen molar-refractivity contribution in [3.63, 3.8) is 0 Å². The number of piperazine rings is 1. The van der Waals surface area contributed by atoms with Crippen molar-refractivity contribution in [3.05, 3.63) is 24.3 Å². The first-order chi connectivity index (χ1) is 14.5. The molecule has 31 heavy (non-hydrogen) atoms. The summed E-state index contributed by atoms with van der Waals surface area (Å²) >= 11 is 0. The molecule has 1 heterocycles. The molecule has 0 spiro atoms. The van der Waals surface area contributed by atoms with Crippen LogP contribution in [0.1, 0.15) is 40.5 Å². The SMILES string of the molecule is CC(=O)Nc1ccc(S(=O)(=O)N[C@@H](C)C(=O)N2CCN(C(=O)CCC(C)C)CC2)cc1. The number of benzene rings is 1. The lowest BCUT2D eigenvalue weighted by Gasteiger charge is -2.36. The average molecular weight is 453 g/mol. The highest BCUT2D eigenvalue weighted by Crippen LogP contribution is 2.15. The summed E-state index contributed by atoms with van der Waals surface area (Å²) in [6.45, 7) is 8.67. The normalized spacial score (nSPS) is 15.6. The van der Waals surface area contributed by atoms with Crippen molar-refractivity contribution in [2.75, 3.05) is 31.5 Å². The minimum Gasteiger partial charge on any atom is -0.339 e. The van der Waals surface area contributed by atoms with Gasteiger partial charge < -0.3 is 15.1 Å². The molecule has 10 heteroatoms. The van der Waals surface area contributed by atoms with Crippen LogP contribution in [0.4, 0.5) is 5.69 Å². The summed E-state index contributed by atoms with van der Waals surface area (Å²) in [5, 5.41) is 2.57. The molecule has 2 rings (SSSR count). The van der Waals surface area contributed by atoms with Gasteiger partial charge in [0.2, 0.25) is 27.7 Å². The van der Waals surface area contributed by atoms with Gasteiger partial charge >= 0.3 is 0 Å². The quantitative estimate of drug-likeness (QED) is 0.619. The van der Waals surface area contributed by atoms with E-state index in [1.807, 2.05) is 0 Å². The van der Waals surface area contributed by atoms with Crippen LogP contribution in [-0.4, -0.2) is 68.2 Å². The maximum atomic E-state index is 12.7. The van der Waals surface area contributed by atoms with Crippen molar-refractivity contribution < 1.29 is 22.8 Å². The molecule has 0 aliphatic carbocycles. The largest absolute Gasteiger partial charge is 0.339 e. The van der Waals surface area contributed by atoms with Crippen molar-refractivity contribution >= 4 is 33.4 Å². The fourth-order valence-electron chi connectivity index (χ4n) is 3.29. The highest BCUT2D eigenvalue weighted by Gasteiger charge is 2.29. The van der Waals surface area contributed by atoms with Crippen molar-refractivity contribution in [3.8, 4) is 0 Å². The summed E-state index contributed by atoms with van der Waals surface area (Å²) in [6, 6.07) is 4.76. The van der Waals surface area contributed by atoms with E-state index in [4.69, 9.17) is 0 Å². The van der Waals surface area contributed by atoms with E-state index < -0.39 is 16.1 Å². The van der Waals surface area contributed by atoms with E-state index in [-0.39, 0.29) is 22.6 Å². The number of carbonyl (C=O) groups excluding carboxylic acids is 3. The predicted octanol–water partition coefficient (Wildman–Crippen LogP) is 1.42. The Labute approximate surface area is 184 Å². The van der Waals surface area contributed by atoms with Gasteiger partial charge in [-0.05, 0) is 43.5 Å². The number of hydrogen-bond acceptors (Lipinski definition) is 5. The zero-order valence-electron chi connectivity index (χ0n) is 18.6. The van der Waals surface area contributed by atoms with Crippen LogP contribution in [0.2, 0.25) is 0 Å². The summed E-state index contributed by atoms with van der Waals surface area (Å²) in [5.41, 5.74) is 0.483. The summed E-state index contributed by atoms with van der Waals surface area (Å²) < 4.78 is 27.6. The molecule has 1 aromatic rings. The first-order valence-electron chi connectivity index (χ1n) is 10.5. The Morgan fingerprint density at radius 2 is 1.52 bits per heavy atom. The Balaban J connectivity index is 1.90. The minimum atomic E-state index is -3.90. The van der Waals surface area contributed by atoms with Crippen LogP contribution in [0.15, 0.2) is 29.2 Å². The molecule has 1 aromatic carbocycles. The van der Waals surface area contributed by atoms with E-state index in [0.29, 0.717) is 44.2 Å². The molecule has 172 valence electrons. The first kappa shape index (κ1) is 24.8. The number of rotatable bonds is 8. The highest BCUT2D eigenvalue weighted by molar-refractivity contribution is 7.89. The Bertz CT molecular complexity index is 891. The number of nitrogens with one attached hydrogen (secondary N) is 2. The molecular formula is C21H32N4O5S. The maximum Gasteiger partial charge on any atom is 0.241 e. The fourth-order valence-corrected chi connectivity index (χ4v) is 4.49. The highest BCUT2D eigenvalue weighted by atomic mass is 32.2. The molecule has 9 nitrogen and oxygen atoms in total. The monoisotopic (exact) mass is 452 g/mol. The smallest absolute Gasteiger partial charge is 0.241 e. The van der Waals surface area contributed by atoms with Gasteiger partial charge in [0.25, 0.3) is 0 Å². The Morgan fingerprint density at radius 1 is 0.968 bits per heavy atom. The molecule has 3 amide bonds. The van der Waals surface area contributed by atoms with E-state index in [1.54, 1.807) is 9.80 Å². The van der Waals surface area contributed by atoms with E-state index >= 15 is 0 Å². The second kappa shape index (κ2) is 10.7. The Morgan fingerprint density at radius 3 is 2.03 bits per heavy atom. The Kier molecular flexibility index (Phi) is 8.58. The third kappa shape index (κ3) is 7.32. The summed E-state index contributed by atoms with van der Waals surface area (Å²) in [6.07, 6.45) is 1.34. The van der Waals surface area contributed by atoms with Crippen molar-refractivity contribution in [2.24, 2.45) is 5.92 Å². The molecule has 0 radical (unpaired) electrons. The second-order valence-corrected chi connectivity index (χ2v) is 9.90. The van der Waals surface area contributed by atoms with Gasteiger partial charge in [-0.3, -0.25) is 14.4 Å². The summed E-state index contributed by atoms with van der Waals surface area (Å²) in [7, 11) is -3.90. The van der Waals surface area contributed by atoms with E-state index in [9.17, 15) is 22.8 Å². The molecule has 1 saturated heterocycles. The standard InChI is InChI=1S/C21H32N4O5S/c1-15(2)5-10-20(27)24-11-13-25(14-12-24)21(28)16(3)23-31(29,30)19-8-6-18(7-9-19)22-17(4)26/h6-9,15-16,23H,5,10-14H2,1-4H3,(H,22,26)/t16-/m0/s1. The van der Waals surface area contributed by atoms with E-state index in [2.05, 4.69) is 23.9 Å². The molecule has 0 saturated carbocycles. The second-order valence-electron chi connectivity index (χ2n) is 8.19. The number of anilines is 1. The molecule has 0 bridgehead atoms. The zero-order valence-corrected chi connectivity index (χ0v) is 19.4. The first-order valence-corrected chi connectivity index (χ1v) is 11.9. The van der Waals surface area contributed by atoms with Gasteiger partial charge in [0.1, 0.15) is 0 Å². The molecular weight excluding hydrogens is 420 g/mol. The van der Waals surface area contributed by atoms with Crippen molar-refractivity contribution in [2.45, 2.75) is 51.5 Å². The van der Waals surface area contributed by atoms with Crippen molar-refractivity contribution in [1.29, 1.82) is 0 Å². The van der Waals surface area contributed by atoms with Crippen LogP contribution in [0.3, 0.4) is 0 Å². The van der Waals surface area contributed by atoms with E-state index in [0.717, 1.165) is 6.42 Å². The third-order valence-corrected chi connectivity index (χ3v) is 6.62. The predicted molar refractivity (Wildman–Crippen MR) is 118 cm³/mol. The van der Waals surface area contributed by atoms with Gasteiger partial charge in [0.15, 0.2) is 0 Å². The molecule has 1 aliphatic heterocycles. The number of sulfonamides is 1. The lowest BCUT2D eigenvalue weighted by molar-refractivity contribution is -0.140.